The summed E-state index contributed by atoms with van der Waals surface area (Å²) < 4.78 is 0. The van der Waals surface area contributed by atoms with Crippen molar-refractivity contribution in [2.45, 2.75) is 25.8 Å². The van der Waals surface area contributed by atoms with Crippen molar-refractivity contribution in [1.82, 2.24) is 10.3 Å². The Hall–Kier alpha value is -1.62. The van der Waals surface area contributed by atoms with E-state index in [2.05, 4.69) is 15.6 Å². The Kier molecular flexibility index (Phi) is 5.28. The summed E-state index contributed by atoms with van der Waals surface area (Å²) in [5, 5.41) is 14.1. The number of carbonyl (C=O) groups is 1. The summed E-state index contributed by atoms with van der Waals surface area (Å²) in [5.74, 6) is 0. The molecule has 1 aromatic heterocycles. The van der Waals surface area contributed by atoms with Crippen molar-refractivity contribution in [3.63, 3.8) is 0 Å². The number of rotatable bonds is 5. The summed E-state index contributed by atoms with van der Waals surface area (Å²) in [6.45, 7) is 2.06. The van der Waals surface area contributed by atoms with E-state index in [9.17, 15) is 4.79 Å². The highest BCUT2D eigenvalue weighted by atomic mass is 16.3. The Morgan fingerprint density at radius 3 is 2.81 bits per heavy atom. The van der Waals surface area contributed by atoms with Crippen LogP contribution in [0.4, 0.5) is 10.5 Å². The fraction of sp³-hybridized carbons (Fsp3) is 0.455. The summed E-state index contributed by atoms with van der Waals surface area (Å²) in [6.07, 6.45) is 4.69. The molecule has 3 N–H and O–H groups in total. The first-order chi connectivity index (χ1) is 7.72. The molecule has 1 rings (SSSR count). The lowest BCUT2D eigenvalue weighted by Gasteiger charge is -2.13. The van der Waals surface area contributed by atoms with Crippen molar-refractivity contribution in [2.75, 3.05) is 11.9 Å². The monoisotopic (exact) mass is 223 g/mol. The molecule has 0 saturated heterocycles. The van der Waals surface area contributed by atoms with Crippen molar-refractivity contribution in [1.29, 1.82) is 0 Å². The summed E-state index contributed by atoms with van der Waals surface area (Å²) >= 11 is 0. The second kappa shape index (κ2) is 6.79. The predicted molar refractivity (Wildman–Crippen MR) is 62.2 cm³/mol. The first-order valence-corrected chi connectivity index (χ1v) is 5.31. The van der Waals surface area contributed by atoms with E-state index in [1.165, 1.54) is 0 Å². The predicted octanol–water partition coefficient (Wildman–Crippen LogP) is 1.36. The molecule has 0 radical (unpaired) electrons. The molecule has 0 aromatic carbocycles. The van der Waals surface area contributed by atoms with Crippen LogP contribution in [0.15, 0.2) is 24.5 Å². The number of nitrogens with zero attached hydrogens (tertiary/aromatic N) is 1. The van der Waals surface area contributed by atoms with Gasteiger partial charge in [0.25, 0.3) is 0 Å². The van der Waals surface area contributed by atoms with Crippen LogP contribution in [-0.4, -0.2) is 28.8 Å². The summed E-state index contributed by atoms with van der Waals surface area (Å²) in [6, 6.07) is 3.25. The highest BCUT2D eigenvalue weighted by molar-refractivity contribution is 5.89. The van der Waals surface area contributed by atoms with Crippen LogP contribution in [0.5, 0.6) is 0 Å². The van der Waals surface area contributed by atoms with Crippen LogP contribution in [0.3, 0.4) is 0 Å². The van der Waals surface area contributed by atoms with E-state index in [1.54, 1.807) is 24.5 Å². The number of pyridine rings is 1. The molecule has 16 heavy (non-hydrogen) atoms. The van der Waals surface area contributed by atoms with E-state index >= 15 is 0 Å². The summed E-state index contributed by atoms with van der Waals surface area (Å²) in [7, 11) is 0. The zero-order chi connectivity index (χ0) is 11.8. The Balaban J connectivity index is 2.31. The average molecular weight is 223 g/mol. The maximum atomic E-state index is 11.5. The van der Waals surface area contributed by atoms with Crippen molar-refractivity contribution < 1.29 is 9.90 Å². The third-order valence-corrected chi connectivity index (χ3v) is 2.11. The lowest BCUT2D eigenvalue weighted by molar-refractivity contribution is 0.245. The maximum Gasteiger partial charge on any atom is 0.319 e. The topological polar surface area (TPSA) is 74.2 Å². The highest BCUT2D eigenvalue weighted by Crippen LogP contribution is 2.03. The van der Waals surface area contributed by atoms with Gasteiger partial charge in [0.15, 0.2) is 0 Å². The maximum absolute atomic E-state index is 11.5. The van der Waals surface area contributed by atoms with E-state index in [4.69, 9.17) is 5.11 Å². The Morgan fingerprint density at radius 1 is 1.50 bits per heavy atom. The number of hydrogen-bond donors (Lipinski definition) is 3. The molecule has 0 saturated carbocycles. The molecule has 1 unspecified atom stereocenters. The molecule has 0 aliphatic heterocycles. The standard InChI is InChI=1S/C11H17N3O2/c1-9(3-2-8-15)13-11(16)14-10-4-6-12-7-5-10/h4-7,9,15H,2-3,8H2,1H3,(H2,12,13,14,16). The molecule has 0 bridgehead atoms. The quantitative estimate of drug-likeness (QED) is 0.705. The molecule has 2 amide bonds. The Labute approximate surface area is 94.9 Å². The minimum absolute atomic E-state index is 0.0500. The molecule has 5 nitrogen and oxygen atoms in total. The highest BCUT2D eigenvalue weighted by Gasteiger charge is 2.06. The molecule has 0 fully saturated rings. The largest absolute Gasteiger partial charge is 0.396 e. The van der Waals surface area contributed by atoms with Crippen LogP contribution in [0, 0.1) is 0 Å². The van der Waals surface area contributed by atoms with Crippen molar-refractivity contribution >= 4 is 11.7 Å². The number of nitrogens with one attached hydrogen (secondary N) is 2. The van der Waals surface area contributed by atoms with Gasteiger partial charge in [-0.05, 0) is 31.9 Å². The molecule has 0 spiro atoms. The van der Waals surface area contributed by atoms with Crippen LogP contribution in [0.25, 0.3) is 0 Å². The summed E-state index contributed by atoms with van der Waals surface area (Å²) in [5.41, 5.74) is 0.710. The van der Waals surface area contributed by atoms with Gasteiger partial charge < -0.3 is 15.7 Å². The Morgan fingerprint density at radius 2 is 2.19 bits per heavy atom. The van der Waals surface area contributed by atoms with Crippen LogP contribution in [-0.2, 0) is 0 Å². The van der Waals surface area contributed by atoms with E-state index in [0.29, 0.717) is 12.1 Å². The number of anilines is 1. The average Bonchev–Trinajstić information content (AvgIpc) is 2.27. The van der Waals surface area contributed by atoms with Gasteiger partial charge in [-0.1, -0.05) is 0 Å². The minimum Gasteiger partial charge on any atom is -0.396 e. The molecular formula is C11H17N3O2. The smallest absolute Gasteiger partial charge is 0.319 e. The van der Waals surface area contributed by atoms with Crippen LogP contribution in [0.1, 0.15) is 19.8 Å². The van der Waals surface area contributed by atoms with Gasteiger partial charge >= 0.3 is 6.03 Å². The van der Waals surface area contributed by atoms with Gasteiger partial charge in [0.05, 0.1) is 0 Å². The lowest BCUT2D eigenvalue weighted by Crippen LogP contribution is -2.36. The number of amides is 2. The van der Waals surface area contributed by atoms with Gasteiger partial charge in [0, 0.05) is 30.7 Å². The zero-order valence-electron chi connectivity index (χ0n) is 9.31. The molecular weight excluding hydrogens is 206 g/mol. The number of aromatic nitrogens is 1. The molecule has 0 aliphatic rings. The molecule has 1 aromatic rings. The van der Waals surface area contributed by atoms with Gasteiger partial charge in [0.1, 0.15) is 0 Å². The lowest BCUT2D eigenvalue weighted by atomic mass is 10.2. The van der Waals surface area contributed by atoms with Gasteiger partial charge in [0.2, 0.25) is 0 Å². The number of hydrogen-bond acceptors (Lipinski definition) is 3. The minimum atomic E-state index is -0.239. The van der Waals surface area contributed by atoms with Crippen LogP contribution >= 0.6 is 0 Å². The van der Waals surface area contributed by atoms with Crippen molar-refractivity contribution in [3.05, 3.63) is 24.5 Å². The van der Waals surface area contributed by atoms with Gasteiger partial charge in [-0.15, -0.1) is 0 Å². The fourth-order valence-electron chi connectivity index (χ4n) is 1.30. The van der Waals surface area contributed by atoms with Crippen LogP contribution in [0.2, 0.25) is 0 Å². The van der Waals surface area contributed by atoms with Gasteiger partial charge in [-0.25, -0.2) is 4.79 Å². The third-order valence-electron chi connectivity index (χ3n) is 2.11. The van der Waals surface area contributed by atoms with Crippen molar-refractivity contribution in [3.8, 4) is 0 Å². The molecule has 5 heteroatoms. The number of aliphatic hydroxyl groups excluding tert-OH is 1. The molecule has 0 aliphatic carbocycles. The second-order valence-electron chi connectivity index (χ2n) is 3.60. The molecule has 1 atom stereocenters. The number of carbonyl (C=O) groups excluding carboxylic acids is 1. The third kappa shape index (κ3) is 4.75. The molecule has 1 heterocycles. The van der Waals surface area contributed by atoms with Gasteiger partial charge in [-0.3, -0.25) is 4.98 Å². The Bertz CT molecular complexity index is 316. The van der Waals surface area contributed by atoms with E-state index in [0.717, 1.165) is 6.42 Å². The molecule has 88 valence electrons. The normalized spacial score (nSPS) is 11.9. The van der Waals surface area contributed by atoms with Crippen molar-refractivity contribution in [2.24, 2.45) is 0 Å². The second-order valence-corrected chi connectivity index (χ2v) is 3.60. The first kappa shape index (κ1) is 12.4. The first-order valence-electron chi connectivity index (χ1n) is 5.31. The summed E-state index contributed by atoms with van der Waals surface area (Å²) in [4.78, 5) is 15.3. The number of urea groups is 1. The number of aliphatic hydroxyl groups is 1. The van der Waals surface area contributed by atoms with Gasteiger partial charge in [-0.2, -0.15) is 0 Å². The fourth-order valence-corrected chi connectivity index (χ4v) is 1.30. The SMILES string of the molecule is CC(CCCO)NC(=O)Nc1ccncc1. The van der Waals surface area contributed by atoms with Crippen LogP contribution < -0.4 is 10.6 Å². The van der Waals surface area contributed by atoms with E-state index in [1.807, 2.05) is 6.92 Å². The van der Waals surface area contributed by atoms with E-state index in [-0.39, 0.29) is 18.7 Å². The zero-order valence-corrected chi connectivity index (χ0v) is 9.31. The van der Waals surface area contributed by atoms with E-state index < -0.39 is 0 Å².